The maximum absolute atomic E-state index is 12.2. The van der Waals surface area contributed by atoms with E-state index in [1.54, 1.807) is 11.8 Å². The first kappa shape index (κ1) is 12.4. The highest BCUT2D eigenvalue weighted by molar-refractivity contribution is 5.84. The molecule has 0 saturated carbocycles. The molecule has 3 unspecified atom stereocenters. The standard InChI is InChI=1S/C12H19NO4/c1-8-3-6-17-9(8)10(14)13-5-4-12(2,7-13)11(15)16/h8-9H,3-7H2,1-2H3,(H,15,16). The molecule has 2 rings (SSSR count). The normalized spacial score (nSPS) is 37.4. The molecule has 1 amide bonds. The second kappa shape index (κ2) is 4.29. The molecule has 2 heterocycles. The summed E-state index contributed by atoms with van der Waals surface area (Å²) in [5.41, 5.74) is -0.794. The molecular formula is C12H19NO4. The molecule has 2 aliphatic heterocycles. The van der Waals surface area contributed by atoms with Crippen LogP contribution in [0, 0.1) is 11.3 Å². The van der Waals surface area contributed by atoms with Gasteiger partial charge in [0.2, 0.25) is 0 Å². The second-order valence-corrected chi connectivity index (χ2v) is 5.43. The quantitative estimate of drug-likeness (QED) is 0.774. The van der Waals surface area contributed by atoms with Crippen molar-refractivity contribution in [2.24, 2.45) is 11.3 Å². The van der Waals surface area contributed by atoms with Gasteiger partial charge in [-0.1, -0.05) is 6.92 Å². The lowest BCUT2D eigenvalue weighted by molar-refractivity contribution is -0.148. The summed E-state index contributed by atoms with van der Waals surface area (Å²) in [7, 11) is 0. The van der Waals surface area contributed by atoms with Crippen molar-refractivity contribution in [1.82, 2.24) is 4.90 Å². The van der Waals surface area contributed by atoms with Crippen LogP contribution < -0.4 is 0 Å². The Kier molecular flexibility index (Phi) is 3.12. The predicted octanol–water partition coefficient (Wildman–Crippen LogP) is 0.735. The van der Waals surface area contributed by atoms with E-state index >= 15 is 0 Å². The first-order valence-corrected chi connectivity index (χ1v) is 6.08. The van der Waals surface area contributed by atoms with E-state index in [0.717, 1.165) is 6.42 Å². The Balaban J connectivity index is 2.01. The van der Waals surface area contributed by atoms with Gasteiger partial charge in [-0.25, -0.2) is 0 Å². The number of carbonyl (C=O) groups excluding carboxylic acids is 1. The van der Waals surface area contributed by atoms with E-state index in [2.05, 4.69) is 0 Å². The molecule has 0 aliphatic carbocycles. The van der Waals surface area contributed by atoms with Gasteiger partial charge < -0.3 is 14.7 Å². The molecule has 5 heteroatoms. The van der Waals surface area contributed by atoms with Crippen molar-refractivity contribution >= 4 is 11.9 Å². The van der Waals surface area contributed by atoms with E-state index in [-0.39, 0.29) is 17.9 Å². The summed E-state index contributed by atoms with van der Waals surface area (Å²) >= 11 is 0. The van der Waals surface area contributed by atoms with Crippen molar-refractivity contribution in [3.05, 3.63) is 0 Å². The minimum absolute atomic E-state index is 0.0417. The van der Waals surface area contributed by atoms with Crippen molar-refractivity contribution < 1.29 is 19.4 Å². The van der Waals surface area contributed by atoms with Crippen LogP contribution in [-0.2, 0) is 14.3 Å². The Morgan fingerprint density at radius 3 is 2.65 bits per heavy atom. The molecular weight excluding hydrogens is 222 g/mol. The van der Waals surface area contributed by atoms with Crippen molar-refractivity contribution in [2.75, 3.05) is 19.7 Å². The van der Waals surface area contributed by atoms with Gasteiger partial charge >= 0.3 is 5.97 Å². The molecule has 5 nitrogen and oxygen atoms in total. The van der Waals surface area contributed by atoms with Crippen LogP contribution in [0.3, 0.4) is 0 Å². The lowest BCUT2D eigenvalue weighted by Crippen LogP contribution is -2.41. The van der Waals surface area contributed by atoms with Gasteiger partial charge in [0.1, 0.15) is 6.10 Å². The molecule has 0 aromatic carbocycles. The minimum Gasteiger partial charge on any atom is -0.481 e. The van der Waals surface area contributed by atoms with Gasteiger partial charge in [-0.2, -0.15) is 0 Å². The summed E-state index contributed by atoms with van der Waals surface area (Å²) < 4.78 is 5.43. The number of rotatable bonds is 2. The van der Waals surface area contributed by atoms with Gasteiger partial charge in [0.05, 0.1) is 5.41 Å². The summed E-state index contributed by atoms with van der Waals surface area (Å²) in [5, 5.41) is 9.12. The average Bonchev–Trinajstić information content (AvgIpc) is 2.85. The van der Waals surface area contributed by atoms with E-state index in [1.807, 2.05) is 6.92 Å². The topological polar surface area (TPSA) is 66.8 Å². The molecule has 0 aromatic heterocycles. The smallest absolute Gasteiger partial charge is 0.311 e. The SMILES string of the molecule is CC1CCOC1C(=O)N1CCC(C)(C(=O)O)C1. The molecule has 2 aliphatic rings. The molecule has 1 N–H and O–H groups in total. The average molecular weight is 241 g/mol. The third-order valence-corrected chi connectivity index (χ3v) is 3.93. The van der Waals surface area contributed by atoms with Crippen LogP contribution in [0.15, 0.2) is 0 Å². The molecule has 0 spiro atoms. The third-order valence-electron chi connectivity index (χ3n) is 3.93. The zero-order chi connectivity index (χ0) is 12.6. The summed E-state index contributed by atoms with van der Waals surface area (Å²) in [6.07, 6.45) is 1.06. The number of carboxylic acid groups (broad SMARTS) is 1. The van der Waals surface area contributed by atoms with Crippen LogP contribution in [-0.4, -0.2) is 47.7 Å². The van der Waals surface area contributed by atoms with Crippen molar-refractivity contribution in [3.8, 4) is 0 Å². The van der Waals surface area contributed by atoms with Gasteiger partial charge in [0, 0.05) is 19.7 Å². The fraction of sp³-hybridized carbons (Fsp3) is 0.833. The Hall–Kier alpha value is -1.10. The number of hydrogen-bond acceptors (Lipinski definition) is 3. The third kappa shape index (κ3) is 2.16. The fourth-order valence-corrected chi connectivity index (χ4v) is 2.51. The van der Waals surface area contributed by atoms with E-state index in [1.165, 1.54) is 0 Å². The first-order chi connectivity index (χ1) is 7.94. The first-order valence-electron chi connectivity index (χ1n) is 6.08. The Labute approximate surface area is 101 Å². The summed E-state index contributed by atoms with van der Waals surface area (Å²) in [4.78, 5) is 24.9. The largest absolute Gasteiger partial charge is 0.481 e. The lowest BCUT2D eigenvalue weighted by atomic mass is 9.90. The summed E-state index contributed by atoms with van der Waals surface area (Å²) in [6, 6.07) is 0. The number of nitrogens with zero attached hydrogens (tertiary/aromatic N) is 1. The summed E-state index contributed by atoms with van der Waals surface area (Å²) in [5.74, 6) is -0.632. The molecule has 0 bridgehead atoms. The zero-order valence-electron chi connectivity index (χ0n) is 10.3. The van der Waals surface area contributed by atoms with Gasteiger partial charge in [0.25, 0.3) is 5.91 Å². The number of amides is 1. The maximum Gasteiger partial charge on any atom is 0.311 e. The molecule has 3 atom stereocenters. The number of aliphatic carboxylic acids is 1. The van der Waals surface area contributed by atoms with Gasteiger partial charge in [0.15, 0.2) is 0 Å². The van der Waals surface area contributed by atoms with Crippen LogP contribution in [0.25, 0.3) is 0 Å². The number of hydrogen-bond donors (Lipinski definition) is 1. The van der Waals surface area contributed by atoms with E-state index < -0.39 is 11.4 Å². The highest BCUT2D eigenvalue weighted by Gasteiger charge is 2.44. The predicted molar refractivity (Wildman–Crippen MR) is 60.5 cm³/mol. The Bertz CT molecular complexity index is 343. The van der Waals surface area contributed by atoms with Crippen LogP contribution >= 0.6 is 0 Å². The number of carboxylic acids is 1. The van der Waals surface area contributed by atoms with Gasteiger partial charge in [-0.15, -0.1) is 0 Å². The highest BCUT2D eigenvalue weighted by atomic mass is 16.5. The summed E-state index contributed by atoms with van der Waals surface area (Å²) in [6.45, 7) is 5.15. The molecule has 0 aromatic rings. The molecule has 2 fully saturated rings. The minimum atomic E-state index is -0.826. The van der Waals surface area contributed by atoms with Crippen LogP contribution in [0.2, 0.25) is 0 Å². The van der Waals surface area contributed by atoms with Crippen LogP contribution in [0.1, 0.15) is 26.7 Å². The van der Waals surface area contributed by atoms with E-state index in [0.29, 0.717) is 26.1 Å². The van der Waals surface area contributed by atoms with E-state index in [9.17, 15) is 9.59 Å². The molecule has 17 heavy (non-hydrogen) atoms. The van der Waals surface area contributed by atoms with Crippen LogP contribution in [0.5, 0.6) is 0 Å². The molecule has 2 saturated heterocycles. The number of likely N-dealkylation sites (tertiary alicyclic amines) is 1. The van der Waals surface area contributed by atoms with Gasteiger partial charge in [-0.05, 0) is 25.7 Å². The van der Waals surface area contributed by atoms with Crippen molar-refractivity contribution in [2.45, 2.75) is 32.8 Å². The van der Waals surface area contributed by atoms with Crippen LogP contribution in [0.4, 0.5) is 0 Å². The van der Waals surface area contributed by atoms with Crippen molar-refractivity contribution in [1.29, 1.82) is 0 Å². The van der Waals surface area contributed by atoms with Gasteiger partial charge in [-0.3, -0.25) is 9.59 Å². The highest BCUT2D eigenvalue weighted by Crippen LogP contribution is 2.32. The van der Waals surface area contributed by atoms with Crippen molar-refractivity contribution in [3.63, 3.8) is 0 Å². The van der Waals surface area contributed by atoms with E-state index in [4.69, 9.17) is 9.84 Å². The Morgan fingerprint density at radius 2 is 2.18 bits per heavy atom. The second-order valence-electron chi connectivity index (χ2n) is 5.43. The number of ether oxygens (including phenoxy) is 1. The fourth-order valence-electron chi connectivity index (χ4n) is 2.51. The molecule has 0 radical (unpaired) electrons. The Morgan fingerprint density at radius 1 is 1.47 bits per heavy atom. The zero-order valence-corrected chi connectivity index (χ0v) is 10.3. The maximum atomic E-state index is 12.2. The molecule has 96 valence electrons. The monoisotopic (exact) mass is 241 g/mol. The lowest BCUT2D eigenvalue weighted by Gasteiger charge is -2.24. The number of carbonyl (C=O) groups is 2.